The number of urea groups is 1. The maximum absolute atomic E-state index is 13.4. The summed E-state index contributed by atoms with van der Waals surface area (Å²) < 4.78 is 0. The van der Waals surface area contributed by atoms with Gasteiger partial charge in [-0.05, 0) is 47.1 Å². The van der Waals surface area contributed by atoms with Crippen molar-refractivity contribution in [3.05, 3.63) is 101 Å². The summed E-state index contributed by atoms with van der Waals surface area (Å²) >= 11 is 1.52. The molecular weight excluding hydrogens is 496 g/mol. The summed E-state index contributed by atoms with van der Waals surface area (Å²) in [5.41, 5.74) is 4.50. The summed E-state index contributed by atoms with van der Waals surface area (Å²) in [5.74, 6) is 0.161. The Morgan fingerprint density at radius 1 is 1.03 bits per heavy atom. The third-order valence-electron chi connectivity index (χ3n) is 6.84. The minimum atomic E-state index is -0.874. The van der Waals surface area contributed by atoms with Crippen LogP contribution in [-0.4, -0.2) is 77.7 Å². The van der Waals surface area contributed by atoms with E-state index in [0.717, 1.165) is 22.6 Å². The smallest absolute Gasteiger partial charge is 0.407 e. The Morgan fingerprint density at radius 3 is 2.16 bits per heavy atom. The van der Waals surface area contributed by atoms with Crippen LogP contribution in [0.1, 0.15) is 29.0 Å². The zero-order chi connectivity index (χ0) is 26.9. The Labute approximate surface area is 229 Å². The van der Waals surface area contributed by atoms with Crippen molar-refractivity contribution in [3.63, 3.8) is 0 Å². The number of carbonyl (C=O) groups is 2. The molecule has 4 rings (SSSR count). The first-order valence-electron chi connectivity index (χ1n) is 13.0. The molecule has 3 amide bonds. The number of nitrogens with one attached hydrogen (secondary N) is 1. The van der Waals surface area contributed by atoms with Gasteiger partial charge in [0.15, 0.2) is 0 Å². The Bertz CT molecular complexity index is 1170. The molecule has 0 saturated carbocycles. The van der Waals surface area contributed by atoms with E-state index in [1.165, 1.54) is 27.4 Å². The van der Waals surface area contributed by atoms with Crippen LogP contribution in [0, 0.1) is 6.92 Å². The predicted molar refractivity (Wildman–Crippen MR) is 154 cm³/mol. The van der Waals surface area contributed by atoms with Crippen LogP contribution in [0.5, 0.6) is 0 Å². The molecule has 1 aromatic heterocycles. The molecule has 1 aliphatic rings. The van der Waals surface area contributed by atoms with Crippen molar-refractivity contribution >= 4 is 28.5 Å². The van der Waals surface area contributed by atoms with Gasteiger partial charge < -0.3 is 14.9 Å². The summed E-state index contributed by atoms with van der Waals surface area (Å²) in [4.78, 5) is 30.2. The number of anilines is 1. The number of hydrogen-bond donors (Lipinski definition) is 2. The Hall–Kier alpha value is -3.62. The minimum absolute atomic E-state index is 0.136. The van der Waals surface area contributed by atoms with E-state index in [-0.39, 0.29) is 11.9 Å². The molecule has 1 aliphatic heterocycles. The zero-order valence-electron chi connectivity index (χ0n) is 21.9. The highest BCUT2D eigenvalue weighted by atomic mass is 32.1. The maximum atomic E-state index is 13.4. The number of nitrogens with zero attached hydrogens (tertiary/aromatic N) is 3. The van der Waals surface area contributed by atoms with Crippen LogP contribution in [0.3, 0.4) is 0 Å². The lowest BCUT2D eigenvalue weighted by molar-refractivity contribution is 0.108. The van der Waals surface area contributed by atoms with Gasteiger partial charge in [0.2, 0.25) is 0 Å². The van der Waals surface area contributed by atoms with Crippen molar-refractivity contribution in [1.82, 2.24) is 14.7 Å². The molecule has 200 valence electrons. The SMILES string of the molecule is C=C(CN1CCN(C(=O)O)CC1)CN(CCC(c1ccccc1)c1ccccc1)C(=O)Nc1cc(C)cs1. The summed E-state index contributed by atoms with van der Waals surface area (Å²) in [6.07, 6.45) is -0.100. The van der Waals surface area contributed by atoms with Crippen molar-refractivity contribution in [1.29, 1.82) is 0 Å². The molecule has 7 nitrogen and oxygen atoms in total. The van der Waals surface area contributed by atoms with Crippen LogP contribution in [0.2, 0.25) is 0 Å². The first kappa shape index (κ1) is 27.4. The van der Waals surface area contributed by atoms with Gasteiger partial charge in [0, 0.05) is 51.7 Å². The maximum Gasteiger partial charge on any atom is 0.407 e. The van der Waals surface area contributed by atoms with Gasteiger partial charge >= 0.3 is 12.1 Å². The fraction of sp³-hybridized carbons (Fsp3) is 0.333. The first-order chi connectivity index (χ1) is 18.4. The van der Waals surface area contributed by atoms with E-state index in [4.69, 9.17) is 0 Å². The first-order valence-corrected chi connectivity index (χ1v) is 13.8. The fourth-order valence-electron chi connectivity index (χ4n) is 4.85. The molecule has 3 aromatic rings. The molecule has 2 N–H and O–H groups in total. The van der Waals surface area contributed by atoms with Gasteiger partial charge in [-0.25, -0.2) is 9.59 Å². The van der Waals surface area contributed by atoms with E-state index in [9.17, 15) is 14.7 Å². The summed E-state index contributed by atoms with van der Waals surface area (Å²) in [5, 5.41) is 15.1. The van der Waals surface area contributed by atoms with Crippen molar-refractivity contribution < 1.29 is 14.7 Å². The fourth-order valence-corrected chi connectivity index (χ4v) is 5.63. The number of thiophene rings is 1. The molecule has 0 radical (unpaired) electrons. The van der Waals surface area contributed by atoms with Crippen molar-refractivity contribution in [2.45, 2.75) is 19.3 Å². The van der Waals surface area contributed by atoms with Gasteiger partial charge in [-0.3, -0.25) is 10.2 Å². The number of amides is 3. The monoisotopic (exact) mass is 532 g/mol. The molecular formula is C30H36N4O3S. The molecule has 0 unspecified atom stereocenters. The van der Waals surface area contributed by atoms with Crippen LogP contribution in [0.15, 0.2) is 84.3 Å². The number of piperazine rings is 1. The molecule has 38 heavy (non-hydrogen) atoms. The number of aryl methyl sites for hydroxylation is 1. The van der Waals surface area contributed by atoms with Gasteiger partial charge in [0.1, 0.15) is 0 Å². The van der Waals surface area contributed by atoms with Gasteiger partial charge in [-0.2, -0.15) is 0 Å². The number of carbonyl (C=O) groups excluding carboxylic acids is 1. The standard InChI is InChI=1S/C30H36N4O3S/c1-23-19-28(38-22-23)31-29(35)34(21-24(2)20-32-15-17-33(18-16-32)30(36)37)14-13-27(25-9-5-3-6-10-25)26-11-7-4-8-12-26/h3-12,19,22,27H,2,13-18,20-21H2,1H3,(H,31,35)(H,36,37). The number of rotatable bonds is 10. The van der Waals surface area contributed by atoms with Crippen LogP contribution in [-0.2, 0) is 0 Å². The topological polar surface area (TPSA) is 76.1 Å². The number of benzene rings is 2. The highest BCUT2D eigenvalue weighted by Crippen LogP contribution is 2.28. The van der Waals surface area contributed by atoms with Crippen molar-refractivity contribution in [2.75, 3.05) is 51.1 Å². The lowest BCUT2D eigenvalue weighted by Gasteiger charge is -2.34. The lowest BCUT2D eigenvalue weighted by Crippen LogP contribution is -2.49. The molecule has 0 atom stereocenters. The third-order valence-corrected chi connectivity index (χ3v) is 7.81. The second kappa shape index (κ2) is 13.3. The second-order valence-electron chi connectivity index (χ2n) is 9.80. The van der Waals surface area contributed by atoms with E-state index in [1.54, 1.807) is 0 Å². The number of carboxylic acid groups (broad SMARTS) is 1. The Balaban J connectivity index is 1.45. The molecule has 1 saturated heterocycles. The molecule has 2 aromatic carbocycles. The molecule has 1 fully saturated rings. The number of hydrogen-bond acceptors (Lipinski definition) is 4. The van der Waals surface area contributed by atoms with Crippen molar-refractivity contribution in [2.24, 2.45) is 0 Å². The molecule has 2 heterocycles. The van der Waals surface area contributed by atoms with Gasteiger partial charge in [-0.15, -0.1) is 11.3 Å². The normalized spacial score (nSPS) is 13.9. The Kier molecular flexibility index (Phi) is 9.56. The van der Waals surface area contributed by atoms with Crippen molar-refractivity contribution in [3.8, 4) is 0 Å². The second-order valence-corrected chi connectivity index (χ2v) is 10.7. The summed E-state index contributed by atoms with van der Waals surface area (Å²) in [6.45, 7) is 10.2. The van der Waals surface area contributed by atoms with Gasteiger partial charge in [0.05, 0.1) is 5.00 Å². The highest BCUT2D eigenvalue weighted by molar-refractivity contribution is 7.14. The van der Waals surface area contributed by atoms with Crippen LogP contribution >= 0.6 is 11.3 Å². The lowest BCUT2D eigenvalue weighted by atomic mass is 9.88. The van der Waals surface area contributed by atoms with Crippen LogP contribution in [0.25, 0.3) is 0 Å². The minimum Gasteiger partial charge on any atom is -0.465 e. The molecule has 0 spiro atoms. The summed E-state index contributed by atoms with van der Waals surface area (Å²) in [6, 6.07) is 22.7. The van der Waals surface area contributed by atoms with Gasteiger partial charge in [0.25, 0.3) is 0 Å². The molecule has 0 aliphatic carbocycles. The third kappa shape index (κ3) is 7.69. The van der Waals surface area contributed by atoms with Gasteiger partial charge in [-0.1, -0.05) is 67.2 Å². The highest BCUT2D eigenvalue weighted by Gasteiger charge is 2.23. The van der Waals surface area contributed by atoms with Crippen LogP contribution < -0.4 is 5.32 Å². The van der Waals surface area contributed by atoms with E-state index < -0.39 is 6.09 Å². The zero-order valence-corrected chi connectivity index (χ0v) is 22.7. The quantitative estimate of drug-likeness (QED) is 0.316. The van der Waals surface area contributed by atoms with E-state index in [0.29, 0.717) is 45.8 Å². The Morgan fingerprint density at radius 2 is 1.63 bits per heavy atom. The predicted octanol–water partition coefficient (Wildman–Crippen LogP) is 5.96. The average Bonchev–Trinajstić information content (AvgIpc) is 3.33. The average molecular weight is 533 g/mol. The van der Waals surface area contributed by atoms with E-state index >= 15 is 0 Å². The summed E-state index contributed by atoms with van der Waals surface area (Å²) in [7, 11) is 0. The van der Waals surface area contributed by atoms with Crippen LogP contribution in [0.4, 0.5) is 14.6 Å². The van der Waals surface area contributed by atoms with E-state index in [1.807, 2.05) is 35.4 Å². The van der Waals surface area contributed by atoms with E-state index in [2.05, 4.69) is 65.3 Å². The molecule has 0 bridgehead atoms. The molecule has 8 heteroatoms. The largest absolute Gasteiger partial charge is 0.465 e.